The van der Waals surface area contributed by atoms with Crippen LogP contribution < -0.4 is 0 Å². The van der Waals surface area contributed by atoms with Gasteiger partial charge >= 0.3 is 5.97 Å². The van der Waals surface area contributed by atoms with Gasteiger partial charge in [0.05, 0.1) is 0 Å². The standard InChI is InChI=1S/C12H22O5/c1-9(13)17-10-6-4-5-7-12(10,14)8-11(15-2)16-3/h10-11,14H,4-8H2,1-3H3. The fourth-order valence-corrected chi connectivity index (χ4v) is 2.34. The van der Waals surface area contributed by atoms with Crippen LogP contribution in [0, 0.1) is 0 Å². The third-order valence-electron chi connectivity index (χ3n) is 3.28. The van der Waals surface area contributed by atoms with Crippen LogP contribution in [0.2, 0.25) is 0 Å². The molecule has 2 unspecified atom stereocenters. The Kier molecular flexibility index (Phi) is 5.36. The molecule has 0 aromatic heterocycles. The van der Waals surface area contributed by atoms with Crippen LogP contribution in [0.4, 0.5) is 0 Å². The van der Waals surface area contributed by atoms with Crippen molar-refractivity contribution in [3.63, 3.8) is 0 Å². The summed E-state index contributed by atoms with van der Waals surface area (Å²) in [6, 6.07) is 0. The van der Waals surface area contributed by atoms with Crippen molar-refractivity contribution in [2.24, 2.45) is 0 Å². The highest BCUT2D eigenvalue weighted by atomic mass is 16.7. The van der Waals surface area contributed by atoms with E-state index in [1.54, 1.807) is 0 Å². The van der Waals surface area contributed by atoms with Gasteiger partial charge in [-0.3, -0.25) is 4.79 Å². The molecule has 17 heavy (non-hydrogen) atoms. The molecular formula is C12H22O5. The Bertz CT molecular complexity index is 251. The Balaban J connectivity index is 2.69. The van der Waals surface area contributed by atoms with Gasteiger partial charge in [0.2, 0.25) is 0 Å². The second kappa shape index (κ2) is 6.33. The van der Waals surface area contributed by atoms with Gasteiger partial charge in [0.15, 0.2) is 6.29 Å². The molecule has 100 valence electrons. The van der Waals surface area contributed by atoms with Gasteiger partial charge in [-0.25, -0.2) is 0 Å². The minimum atomic E-state index is -1.04. The van der Waals surface area contributed by atoms with Crippen molar-refractivity contribution < 1.29 is 24.1 Å². The molecule has 0 saturated heterocycles. The Morgan fingerprint density at radius 1 is 1.41 bits per heavy atom. The number of hydrogen-bond donors (Lipinski definition) is 1. The average molecular weight is 246 g/mol. The molecule has 1 aliphatic carbocycles. The topological polar surface area (TPSA) is 65.0 Å². The molecule has 1 N–H and O–H groups in total. The predicted molar refractivity (Wildman–Crippen MR) is 61.4 cm³/mol. The van der Waals surface area contributed by atoms with E-state index in [1.807, 2.05) is 0 Å². The van der Waals surface area contributed by atoms with Crippen LogP contribution in [0.1, 0.15) is 39.0 Å². The number of methoxy groups -OCH3 is 2. The molecule has 1 fully saturated rings. The molecule has 1 aliphatic rings. The van der Waals surface area contributed by atoms with Gasteiger partial charge < -0.3 is 19.3 Å². The van der Waals surface area contributed by atoms with Crippen LogP contribution in [0.3, 0.4) is 0 Å². The summed E-state index contributed by atoms with van der Waals surface area (Å²) >= 11 is 0. The molecule has 0 spiro atoms. The van der Waals surface area contributed by atoms with E-state index in [9.17, 15) is 9.90 Å². The van der Waals surface area contributed by atoms with E-state index in [0.717, 1.165) is 12.8 Å². The number of ether oxygens (including phenoxy) is 3. The van der Waals surface area contributed by atoms with Crippen molar-refractivity contribution in [2.45, 2.75) is 57.0 Å². The van der Waals surface area contributed by atoms with Gasteiger partial charge in [0.25, 0.3) is 0 Å². The van der Waals surface area contributed by atoms with Gasteiger partial charge in [0, 0.05) is 27.6 Å². The summed E-state index contributed by atoms with van der Waals surface area (Å²) in [4.78, 5) is 11.0. The van der Waals surface area contributed by atoms with Crippen molar-refractivity contribution in [1.82, 2.24) is 0 Å². The number of hydrogen-bond acceptors (Lipinski definition) is 5. The molecule has 2 atom stereocenters. The zero-order valence-electron chi connectivity index (χ0n) is 10.8. The van der Waals surface area contributed by atoms with E-state index in [4.69, 9.17) is 14.2 Å². The molecule has 1 saturated carbocycles. The van der Waals surface area contributed by atoms with Crippen molar-refractivity contribution >= 4 is 5.97 Å². The van der Waals surface area contributed by atoms with Crippen LogP contribution in [0.15, 0.2) is 0 Å². The Labute approximate surface area is 102 Å². The second-order valence-electron chi connectivity index (χ2n) is 4.55. The minimum Gasteiger partial charge on any atom is -0.459 e. The van der Waals surface area contributed by atoms with Crippen LogP contribution in [0.5, 0.6) is 0 Å². The third kappa shape index (κ3) is 3.94. The predicted octanol–water partition coefficient (Wildman–Crippen LogP) is 1.23. The zero-order chi connectivity index (χ0) is 12.9. The number of carbonyl (C=O) groups excluding carboxylic acids is 1. The molecular weight excluding hydrogens is 224 g/mol. The quantitative estimate of drug-likeness (QED) is 0.584. The zero-order valence-corrected chi connectivity index (χ0v) is 10.8. The number of rotatable bonds is 5. The molecule has 0 bridgehead atoms. The lowest BCUT2D eigenvalue weighted by Crippen LogP contribution is -2.49. The lowest BCUT2D eigenvalue weighted by Gasteiger charge is -2.40. The van der Waals surface area contributed by atoms with Gasteiger partial charge in [-0.05, 0) is 19.3 Å². The largest absolute Gasteiger partial charge is 0.459 e. The second-order valence-corrected chi connectivity index (χ2v) is 4.55. The molecule has 0 radical (unpaired) electrons. The summed E-state index contributed by atoms with van der Waals surface area (Å²) in [6.07, 6.45) is 2.57. The molecule has 0 heterocycles. The summed E-state index contributed by atoms with van der Waals surface area (Å²) in [7, 11) is 3.06. The number of esters is 1. The van der Waals surface area contributed by atoms with E-state index in [1.165, 1.54) is 21.1 Å². The van der Waals surface area contributed by atoms with Crippen molar-refractivity contribution in [2.75, 3.05) is 14.2 Å². The highest BCUT2D eigenvalue weighted by molar-refractivity contribution is 5.66. The minimum absolute atomic E-state index is 0.317. The summed E-state index contributed by atoms with van der Waals surface area (Å²) in [5, 5.41) is 10.6. The maximum absolute atomic E-state index is 11.0. The summed E-state index contributed by atoms with van der Waals surface area (Å²) in [5.41, 5.74) is -1.04. The van der Waals surface area contributed by atoms with Gasteiger partial charge in [-0.2, -0.15) is 0 Å². The van der Waals surface area contributed by atoms with Crippen LogP contribution >= 0.6 is 0 Å². The number of carbonyl (C=O) groups is 1. The Morgan fingerprint density at radius 3 is 2.59 bits per heavy atom. The molecule has 5 heteroatoms. The van der Waals surface area contributed by atoms with Crippen LogP contribution in [-0.4, -0.2) is 43.3 Å². The highest BCUT2D eigenvalue weighted by Crippen LogP contribution is 2.35. The Morgan fingerprint density at radius 2 is 2.06 bits per heavy atom. The van der Waals surface area contributed by atoms with E-state index >= 15 is 0 Å². The van der Waals surface area contributed by atoms with Gasteiger partial charge in [0.1, 0.15) is 11.7 Å². The molecule has 1 rings (SSSR count). The summed E-state index contributed by atoms with van der Waals surface area (Å²) in [5.74, 6) is -0.360. The van der Waals surface area contributed by atoms with Crippen LogP contribution in [0.25, 0.3) is 0 Å². The first-order valence-corrected chi connectivity index (χ1v) is 5.97. The summed E-state index contributed by atoms with van der Waals surface area (Å²) in [6.45, 7) is 1.36. The van der Waals surface area contributed by atoms with Crippen molar-refractivity contribution in [1.29, 1.82) is 0 Å². The molecule has 0 aromatic rings. The fourth-order valence-electron chi connectivity index (χ4n) is 2.34. The Hall–Kier alpha value is -0.650. The van der Waals surface area contributed by atoms with Gasteiger partial charge in [-0.1, -0.05) is 6.42 Å². The average Bonchev–Trinajstić information content (AvgIpc) is 2.29. The monoisotopic (exact) mass is 246 g/mol. The lowest BCUT2D eigenvalue weighted by molar-refractivity contribution is -0.196. The fraction of sp³-hybridized carbons (Fsp3) is 0.917. The third-order valence-corrected chi connectivity index (χ3v) is 3.28. The van der Waals surface area contributed by atoms with E-state index in [-0.39, 0.29) is 5.97 Å². The normalized spacial score (nSPS) is 29.4. The maximum Gasteiger partial charge on any atom is 0.303 e. The number of aliphatic hydroxyl groups is 1. The SMILES string of the molecule is COC(CC1(O)CCCCC1OC(C)=O)OC. The van der Waals surface area contributed by atoms with E-state index < -0.39 is 18.0 Å². The van der Waals surface area contributed by atoms with E-state index in [0.29, 0.717) is 19.3 Å². The highest BCUT2D eigenvalue weighted by Gasteiger charge is 2.43. The van der Waals surface area contributed by atoms with Crippen molar-refractivity contribution in [3.05, 3.63) is 0 Å². The first kappa shape index (κ1) is 14.4. The van der Waals surface area contributed by atoms with Crippen LogP contribution in [-0.2, 0) is 19.0 Å². The molecule has 0 aromatic carbocycles. The van der Waals surface area contributed by atoms with Gasteiger partial charge in [-0.15, -0.1) is 0 Å². The molecule has 0 aliphatic heterocycles. The first-order chi connectivity index (χ1) is 8.01. The van der Waals surface area contributed by atoms with Crippen molar-refractivity contribution in [3.8, 4) is 0 Å². The molecule has 5 nitrogen and oxygen atoms in total. The first-order valence-electron chi connectivity index (χ1n) is 5.97. The maximum atomic E-state index is 11.0. The smallest absolute Gasteiger partial charge is 0.303 e. The molecule has 0 amide bonds. The summed E-state index contributed by atoms with van der Waals surface area (Å²) < 4.78 is 15.4. The lowest BCUT2D eigenvalue weighted by atomic mass is 9.79. The van der Waals surface area contributed by atoms with E-state index in [2.05, 4.69) is 0 Å².